The molecule has 0 unspecified atom stereocenters. The molecule has 8 heteroatoms. The molecule has 0 bridgehead atoms. The number of hydrogen-bond donors (Lipinski definition) is 3. The van der Waals surface area contributed by atoms with Gasteiger partial charge < -0.3 is 25.1 Å². The Hall–Kier alpha value is -3.59. The second-order valence-electron chi connectivity index (χ2n) is 11.9. The monoisotopic (exact) mass is 562 g/mol. The molecule has 1 fully saturated rings. The molecule has 4 atom stereocenters. The Balaban J connectivity index is 1.88. The van der Waals surface area contributed by atoms with Gasteiger partial charge in [-0.05, 0) is 76.3 Å². The maximum Gasteiger partial charge on any atom is 0.167 e. The van der Waals surface area contributed by atoms with Gasteiger partial charge in [0.15, 0.2) is 11.6 Å². The summed E-state index contributed by atoms with van der Waals surface area (Å²) in [5.41, 5.74) is 0.469. The number of piperidine rings is 1. The number of halogens is 1. The van der Waals surface area contributed by atoms with Crippen LogP contribution in [0, 0.1) is 24.6 Å². The van der Waals surface area contributed by atoms with E-state index in [0.717, 1.165) is 0 Å². The van der Waals surface area contributed by atoms with Gasteiger partial charge in [-0.25, -0.2) is 4.39 Å². The van der Waals surface area contributed by atoms with E-state index in [1.807, 2.05) is 23.9 Å². The predicted molar refractivity (Wildman–Crippen MR) is 156 cm³/mol. The zero-order valence-electron chi connectivity index (χ0n) is 24.2. The highest BCUT2D eigenvalue weighted by Crippen LogP contribution is 2.43. The van der Waals surface area contributed by atoms with E-state index in [-0.39, 0.29) is 42.2 Å². The maximum absolute atomic E-state index is 14.9. The minimum atomic E-state index is -1.07. The van der Waals surface area contributed by atoms with E-state index < -0.39 is 29.2 Å². The summed E-state index contributed by atoms with van der Waals surface area (Å²) in [5.74, 6) is -3.26. The zero-order chi connectivity index (χ0) is 30.1. The van der Waals surface area contributed by atoms with Gasteiger partial charge in [-0.1, -0.05) is 36.4 Å². The lowest BCUT2D eigenvalue weighted by Crippen LogP contribution is -2.57. The molecule has 218 valence electrons. The average Bonchev–Trinajstić information content (AvgIpc) is 2.91. The van der Waals surface area contributed by atoms with E-state index >= 15 is 0 Å². The number of likely N-dealkylation sites (tertiary alicyclic amines) is 1. The Morgan fingerprint density at radius 2 is 1.41 bits per heavy atom. The van der Waals surface area contributed by atoms with E-state index in [0.29, 0.717) is 28.8 Å². The van der Waals surface area contributed by atoms with Crippen LogP contribution in [0.1, 0.15) is 51.6 Å². The minimum Gasteiger partial charge on any atom is -0.508 e. The number of rotatable bonds is 9. The van der Waals surface area contributed by atoms with Crippen molar-refractivity contribution < 1.29 is 29.3 Å². The predicted octanol–water partition coefficient (Wildman–Crippen LogP) is 4.64. The molecule has 0 amide bonds. The van der Waals surface area contributed by atoms with Crippen LogP contribution in [0.15, 0.2) is 66.7 Å². The van der Waals surface area contributed by atoms with Crippen molar-refractivity contribution in [2.45, 2.75) is 38.3 Å². The lowest BCUT2D eigenvalue weighted by Gasteiger charge is -2.46. The minimum absolute atomic E-state index is 0.0518. The number of nitrogens with zero attached hydrogens (tertiary/aromatic N) is 2. The summed E-state index contributed by atoms with van der Waals surface area (Å²) in [7, 11) is 3.74. The lowest BCUT2D eigenvalue weighted by atomic mass is 9.67. The Morgan fingerprint density at radius 1 is 0.927 bits per heavy atom. The van der Waals surface area contributed by atoms with Crippen molar-refractivity contribution in [1.82, 2.24) is 9.80 Å². The van der Waals surface area contributed by atoms with Crippen LogP contribution in [0.5, 0.6) is 11.5 Å². The second-order valence-corrected chi connectivity index (χ2v) is 11.9. The third-order valence-electron chi connectivity index (χ3n) is 8.25. The second kappa shape index (κ2) is 12.1. The van der Waals surface area contributed by atoms with Crippen LogP contribution in [0.2, 0.25) is 0 Å². The summed E-state index contributed by atoms with van der Waals surface area (Å²) >= 11 is 0. The van der Waals surface area contributed by atoms with Crippen molar-refractivity contribution in [3.05, 3.63) is 94.8 Å². The SMILES string of the molecule is Cc1c(F)cccc1[C@H]1[C@@H](C(=O)c2cccc(O)c2)CN(C[C@@H](N(C)C)C(C)(C)O)C[C@H]1C(=O)c1cccc(O)c1. The number of phenolic OH excluding ortho intramolecular Hbond substituents is 2. The van der Waals surface area contributed by atoms with E-state index in [4.69, 9.17) is 0 Å². The molecule has 41 heavy (non-hydrogen) atoms. The Morgan fingerprint density at radius 3 is 1.85 bits per heavy atom. The summed E-state index contributed by atoms with van der Waals surface area (Å²) in [6.45, 7) is 6.01. The van der Waals surface area contributed by atoms with Gasteiger partial charge in [0.2, 0.25) is 0 Å². The molecular formula is C33H39FN2O5. The van der Waals surface area contributed by atoms with Gasteiger partial charge >= 0.3 is 0 Å². The largest absolute Gasteiger partial charge is 0.508 e. The molecular weight excluding hydrogens is 523 g/mol. The van der Waals surface area contributed by atoms with E-state index in [2.05, 4.69) is 0 Å². The molecule has 0 spiro atoms. The van der Waals surface area contributed by atoms with Gasteiger partial charge in [-0.15, -0.1) is 0 Å². The first-order chi connectivity index (χ1) is 19.3. The van der Waals surface area contributed by atoms with Crippen LogP contribution >= 0.6 is 0 Å². The number of phenols is 2. The fraction of sp³-hybridized carbons (Fsp3) is 0.394. The molecule has 0 aromatic heterocycles. The first kappa shape index (κ1) is 30.4. The zero-order valence-corrected chi connectivity index (χ0v) is 24.2. The maximum atomic E-state index is 14.9. The van der Waals surface area contributed by atoms with Gasteiger partial charge in [0.25, 0.3) is 0 Å². The molecule has 1 aliphatic heterocycles. The summed E-state index contributed by atoms with van der Waals surface area (Å²) in [6.07, 6.45) is 0. The number of aromatic hydroxyl groups is 2. The summed E-state index contributed by atoms with van der Waals surface area (Å²) < 4.78 is 14.9. The van der Waals surface area contributed by atoms with Crippen molar-refractivity contribution >= 4 is 11.6 Å². The highest BCUT2D eigenvalue weighted by molar-refractivity contribution is 6.02. The van der Waals surface area contributed by atoms with Crippen molar-refractivity contribution in [2.75, 3.05) is 33.7 Å². The molecule has 3 N–H and O–H groups in total. The number of benzene rings is 3. The molecule has 7 nitrogen and oxygen atoms in total. The van der Waals surface area contributed by atoms with Crippen molar-refractivity contribution in [3.8, 4) is 11.5 Å². The van der Waals surface area contributed by atoms with Gasteiger partial charge in [-0.3, -0.25) is 9.59 Å². The summed E-state index contributed by atoms with van der Waals surface area (Å²) in [4.78, 5) is 32.4. The van der Waals surface area contributed by atoms with Gasteiger partial charge in [0.1, 0.15) is 17.3 Å². The van der Waals surface area contributed by atoms with Crippen molar-refractivity contribution in [2.24, 2.45) is 11.8 Å². The molecule has 1 aliphatic rings. The van der Waals surface area contributed by atoms with Crippen LogP contribution in [0.4, 0.5) is 4.39 Å². The number of hydrogen-bond acceptors (Lipinski definition) is 7. The first-order valence-electron chi connectivity index (χ1n) is 13.8. The molecule has 3 aromatic rings. The standard InChI is InChI=1S/C33H39FN2O5/c1-20-25(13-8-14-28(20)34)30-26(31(39)21-9-6-11-23(37)15-21)17-36(19-29(35(4)5)33(2,3)41)18-27(30)32(40)22-10-7-12-24(38)16-22/h6-16,26-27,29-30,37-38,41H,17-19H2,1-5H3/t26-,27+,29-,30-/m1/s1. The number of ketones is 2. The van der Waals surface area contributed by atoms with Crippen LogP contribution in [0.25, 0.3) is 0 Å². The number of likely N-dealkylation sites (N-methyl/N-ethyl adjacent to an activating group) is 1. The lowest BCUT2D eigenvalue weighted by molar-refractivity contribution is -0.0258. The van der Waals surface area contributed by atoms with Crippen LogP contribution in [-0.4, -0.2) is 82.1 Å². The molecule has 4 rings (SSSR count). The van der Waals surface area contributed by atoms with Crippen molar-refractivity contribution in [1.29, 1.82) is 0 Å². The van der Waals surface area contributed by atoms with Gasteiger partial charge in [0, 0.05) is 48.5 Å². The average molecular weight is 563 g/mol. The Kier molecular flexibility index (Phi) is 8.97. The van der Waals surface area contributed by atoms with Crippen LogP contribution in [-0.2, 0) is 0 Å². The Bertz CT molecular complexity index is 1350. The highest BCUT2D eigenvalue weighted by Gasteiger charge is 2.46. The Labute approximate surface area is 240 Å². The number of aliphatic hydroxyl groups is 1. The summed E-state index contributed by atoms with van der Waals surface area (Å²) in [5, 5.41) is 31.2. The number of carbonyl (C=O) groups is 2. The van der Waals surface area contributed by atoms with Gasteiger partial charge in [-0.2, -0.15) is 0 Å². The smallest absolute Gasteiger partial charge is 0.167 e. The third kappa shape index (κ3) is 6.67. The molecule has 0 radical (unpaired) electrons. The third-order valence-corrected chi connectivity index (χ3v) is 8.25. The molecule has 1 saturated heterocycles. The van der Waals surface area contributed by atoms with Gasteiger partial charge in [0.05, 0.1) is 11.6 Å². The topological polar surface area (TPSA) is 101 Å². The molecule has 3 aromatic carbocycles. The quantitative estimate of drug-likeness (QED) is 0.327. The van der Waals surface area contributed by atoms with E-state index in [1.165, 1.54) is 30.3 Å². The van der Waals surface area contributed by atoms with E-state index in [9.17, 15) is 29.3 Å². The molecule has 0 saturated carbocycles. The van der Waals surface area contributed by atoms with Crippen LogP contribution in [0.3, 0.4) is 0 Å². The van der Waals surface area contributed by atoms with E-state index in [1.54, 1.807) is 57.2 Å². The normalized spacial score (nSPS) is 20.6. The first-order valence-corrected chi connectivity index (χ1v) is 13.8. The highest BCUT2D eigenvalue weighted by atomic mass is 19.1. The van der Waals surface area contributed by atoms with Crippen molar-refractivity contribution in [3.63, 3.8) is 0 Å². The fourth-order valence-electron chi connectivity index (χ4n) is 6.21. The molecule has 1 heterocycles. The number of Topliss-reactive ketones (excluding diaryl/α,β-unsaturated/α-hetero) is 2. The fourth-order valence-corrected chi connectivity index (χ4v) is 6.21. The number of carbonyl (C=O) groups excluding carboxylic acids is 2. The molecule has 0 aliphatic carbocycles. The summed E-state index contributed by atoms with van der Waals surface area (Å²) in [6, 6.07) is 16.6. The van der Waals surface area contributed by atoms with Crippen LogP contribution < -0.4 is 0 Å².